The van der Waals surface area contributed by atoms with Crippen LogP contribution in [0, 0.1) is 5.92 Å². The number of rotatable bonds is 3. The molecule has 0 unspecified atom stereocenters. The van der Waals surface area contributed by atoms with Crippen LogP contribution in [0.3, 0.4) is 0 Å². The van der Waals surface area contributed by atoms with Crippen LogP contribution in [0.25, 0.3) is 0 Å². The first-order valence-corrected chi connectivity index (χ1v) is 5.72. The maximum atomic E-state index is 4.71. The summed E-state index contributed by atoms with van der Waals surface area (Å²) >= 11 is 6.51. The fourth-order valence-corrected chi connectivity index (χ4v) is 2.16. The van der Waals surface area contributed by atoms with Gasteiger partial charge in [-0.3, -0.25) is 0 Å². The third-order valence-corrected chi connectivity index (χ3v) is 3.09. The van der Waals surface area contributed by atoms with Crippen LogP contribution in [0.1, 0.15) is 13.8 Å². The molecule has 0 spiro atoms. The summed E-state index contributed by atoms with van der Waals surface area (Å²) in [4.78, 5) is 0. The van der Waals surface area contributed by atoms with Crippen molar-refractivity contribution in [3.05, 3.63) is 0 Å². The Balaban J connectivity index is 0. The zero-order valence-electron chi connectivity index (χ0n) is 4.55. The van der Waals surface area contributed by atoms with Gasteiger partial charge in [0.25, 0.3) is 0 Å². The van der Waals surface area contributed by atoms with Crippen LogP contribution in [0.15, 0.2) is 0 Å². The van der Waals surface area contributed by atoms with Gasteiger partial charge < -0.3 is 0 Å². The Morgan fingerprint density at radius 3 is 2.25 bits per heavy atom. The van der Waals surface area contributed by atoms with Crippen LogP contribution >= 0.6 is 17.9 Å². The summed E-state index contributed by atoms with van der Waals surface area (Å²) < 4.78 is 0. The second-order valence-corrected chi connectivity index (χ2v) is 5.07. The molecule has 0 saturated heterocycles. The first-order chi connectivity index (χ1) is 3.27. The molecule has 44 valence electrons. The average molecular weight is 176 g/mol. The van der Waals surface area contributed by atoms with Crippen LogP contribution < -0.4 is 0 Å². The Hall–Kier alpha value is 1.87. The molecule has 4 heteroatoms. The molecule has 0 bridgehead atoms. The Morgan fingerprint density at radius 1 is 1.62 bits per heavy atom. The molecule has 0 radical (unpaired) electrons. The Bertz CT molecular complexity index is 58.0. The normalized spacial score (nSPS) is 9.38. The molecule has 0 rings (SSSR count). The van der Waals surface area contributed by atoms with E-state index in [1.165, 1.54) is 5.75 Å². The van der Waals surface area contributed by atoms with Gasteiger partial charge in [-0.2, -0.15) is 0 Å². The predicted octanol–water partition coefficient (Wildman–Crippen LogP) is 2.05. The molecule has 0 aromatic rings. The average Bonchev–Trinajstić information content (AvgIpc) is 1.61. The summed E-state index contributed by atoms with van der Waals surface area (Å²) in [6, 6.07) is 0. The van der Waals surface area contributed by atoms with E-state index in [0.717, 1.165) is 12.5 Å². The van der Waals surface area contributed by atoms with Gasteiger partial charge in [0.1, 0.15) is 0 Å². The van der Waals surface area contributed by atoms with E-state index < -0.39 is 0 Å². The third-order valence-electron chi connectivity index (χ3n) is 0.461. The van der Waals surface area contributed by atoms with Gasteiger partial charge in [-0.15, -0.1) is 0 Å². The Labute approximate surface area is 84.1 Å². The van der Waals surface area contributed by atoms with Gasteiger partial charge in [0, 0.05) is 12.3 Å². The molecule has 0 amide bonds. The zero-order chi connectivity index (χ0) is 5.70. The van der Waals surface area contributed by atoms with E-state index >= 15 is 0 Å². The second kappa shape index (κ2) is 8.87. The topological polar surface area (TPSA) is 0 Å². The zero-order valence-corrected chi connectivity index (χ0v) is 7.08. The minimum absolute atomic E-state index is 0. The van der Waals surface area contributed by atoms with Gasteiger partial charge in [-0.05, 0) is 17.7 Å². The Morgan fingerprint density at radius 2 is 2.12 bits per heavy atom. The summed E-state index contributed by atoms with van der Waals surface area (Å²) in [7, 11) is 0. The van der Waals surface area contributed by atoms with Crippen LogP contribution in [0.5, 0.6) is 0 Å². The fraction of sp³-hybridized carbons (Fsp3) is 1.00. The van der Waals surface area contributed by atoms with Gasteiger partial charge >= 0.3 is 29.6 Å². The molecule has 0 aromatic carbocycles. The van der Waals surface area contributed by atoms with E-state index in [1.54, 1.807) is 11.4 Å². The van der Waals surface area contributed by atoms with E-state index in [2.05, 4.69) is 13.8 Å². The second-order valence-electron chi connectivity index (χ2n) is 1.76. The fourth-order valence-electron chi connectivity index (χ4n) is 0.180. The molecule has 0 aliphatic carbocycles. The monoisotopic (exact) mass is 176 g/mol. The van der Waals surface area contributed by atoms with E-state index in [1.807, 2.05) is 0 Å². The van der Waals surface area contributed by atoms with Crippen molar-refractivity contribution in [2.75, 3.05) is 5.75 Å². The molecule has 0 nitrogen and oxygen atoms in total. The molecule has 0 aliphatic rings. The third kappa shape index (κ3) is 10.8. The molecule has 0 fully saturated rings. The summed E-state index contributed by atoms with van der Waals surface area (Å²) in [5, 5.41) is 0. The first kappa shape index (κ1) is 12.5. The summed E-state index contributed by atoms with van der Waals surface area (Å²) in [5.74, 6) is 1.99. The van der Waals surface area contributed by atoms with Crippen molar-refractivity contribution in [2.45, 2.75) is 13.8 Å². The van der Waals surface area contributed by atoms with E-state index in [4.69, 9.17) is 11.8 Å². The molecule has 0 aliphatic heterocycles. The molecule has 0 N–H and O–H groups in total. The number of hydrogen-bond donors (Lipinski definition) is 0. The SMILES string of the molecule is CC(C)CSP=S.[NaH]. The number of hydrogen-bond acceptors (Lipinski definition) is 2. The van der Waals surface area contributed by atoms with Crippen molar-refractivity contribution >= 4 is 59.3 Å². The molecule has 0 saturated carbocycles. The Kier molecular flexibility index (Phi) is 13.9. The van der Waals surface area contributed by atoms with Crippen molar-refractivity contribution in [1.82, 2.24) is 0 Å². The van der Waals surface area contributed by atoms with Crippen LogP contribution in [0.4, 0.5) is 0 Å². The molecular formula is C4H10NaPS2. The standard InChI is InChI=1S/C4H9PS2.Na.H/c1-4(2)3-7-5-6;;/h4H,3H2,1-2H3;;. The predicted molar refractivity (Wildman–Crippen MR) is 48.7 cm³/mol. The van der Waals surface area contributed by atoms with Crippen LogP contribution in [0.2, 0.25) is 0 Å². The van der Waals surface area contributed by atoms with Gasteiger partial charge in [-0.1, -0.05) is 25.2 Å². The van der Waals surface area contributed by atoms with Crippen molar-refractivity contribution in [1.29, 1.82) is 0 Å². The van der Waals surface area contributed by atoms with Gasteiger partial charge in [0.15, 0.2) is 0 Å². The van der Waals surface area contributed by atoms with Crippen molar-refractivity contribution in [3.8, 4) is 0 Å². The van der Waals surface area contributed by atoms with Crippen molar-refractivity contribution < 1.29 is 0 Å². The van der Waals surface area contributed by atoms with Crippen molar-refractivity contribution in [2.24, 2.45) is 5.92 Å². The van der Waals surface area contributed by atoms with Gasteiger partial charge in [0.2, 0.25) is 0 Å². The molecule has 0 heterocycles. The van der Waals surface area contributed by atoms with Crippen LogP contribution in [-0.2, 0) is 11.8 Å². The maximum absolute atomic E-state index is 4.71. The van der Waals surface area contributed by atoms with E-state index in [0.29, 0.717) is 0 Å². The quantitative estimate of drug-likeness (QED) is 0.477. The minimum atomic E-state index is 0. The molecule has 8 heavy (non-hydrogen) atoms. The molecule has 0 aromatic heterocycles. The van der Waals surface area contributed by atoms with Gasteiger partial charge in [-0.25, -0.2) is 0 Å². The molecule has 0 atom stereocenters. The van der Waals surface area contributed by atoms with Gasteiger partial charge in [0.05, 0.1) is 0 Å². The van der Waals surface area contributed by atoms with E-state index in [-0.39, 0.29) is 29.6 Å². The van der Waals surface area contributed by atoms with Crippen molar-refractivity contribution in [3.63, 3.8) is 0 Å². The first-order valence-electron chi connectivity index (χ1n) is 2.22. The van der Waals surface area contributed by atoms with E-state index in [9.17, 15) is 0 Å². The molecular weight excluding hydrogens is 166 g/mol. The summed E-state index contributed by atoms with van der Waals surface area (Å²) in [6.45, 7) is 5.44. The summed E-state index contributed by atoms with van der Waals surface area (Å²) in [5.41, 5.74) is 0. The van der Waals surface area contributed by atoms with Crippen LogP contribution in [-0.4, -0.2) is 35.3 Å². The summed E-state index contributed by atoms with van der Waals surface area (Å²) in [6.07, 6.45) is 0.